The Labute approximate surface area is 196 Å². The summed E-state index contributed by atoms with van der Waals surface area (Å²) in [5.74, 6) is 2.85. The lowest BCUT2D eigenvalue weighted by molar-refractivity contribution is -0.368. The van der Waals surface area contributed by atoms with Crippen molar-refractivity contribution in [2.24, 2.45) is 15.7 Å². The van der Waals surface area contributed by atoms with Gasteiger partial charge in [0.15, 0.2) is 11.5 Å². The van der Waals surface area contributed by atoms with Crippen molar-refractivity contribution in [2.75, 3.05) is 14.2 Å². The second-order valence-corrected chi connectivity index (χ2v) is 7.82. The van der Waals surface area contributed by atoms with E-state index in [1.54, 1.807) is 29.8 Å². The Kier molecular flexibility index (Phi) is 5.54. The van der Waals surface area contributed by atoms with Gasteiger partial charge in [0.1, 0.15) is 12.0 Å². The average Bonchev–Trinajstić information content (AvgIpc) is 3.18. The summed E-state index contributed by atoms with van der Waals surface area (Å²) >= 11 is 0. The van der Waals surface area contributed by atoms with Gasteiger partial charge in [-0.05, 0) is 35.9 Å². The van der Waals surface area contributed by atoms with E-state index in [4.69, 9.17) is 15.2 Å². The number of nitrogens with zero attached hydrogens (tertiary/aromatic N) is 6. The molecule has 0 unspecified atom stereocenters. The smallest absolute Gasteiger partial charge is 0.325 e. The Morgan fingerprint density at radius 2 is 2.00 bits per heavy atom. The van der Waals surface area contributed by atoms with Gasteiger partial charge < -0.3 is 19.6 Å². The Morgan fingerprint density at radius 1 is 1.15 bits per heavy atom. The fourth-order valence-corrected chi connectivity index (χ4v) is 3.92. The van der Waals surface area contributed by atoms with E-state index in [9.17, 15) is 4.79 Å². The van der Waals surface area contributed by atoms with E-state index >= 15 is 0 Å². The molecule has 5 rings (SSSR count). The molecule has 10 heteroatoms. The highest BCUT2D eigenvalue weighted by Gasteiger charge is 2.30. The van der Waals surface area contributed by atoms with Crippen LogP contribution in [0.5, 0.6) is 11.5 Å². The van der Waals surface area contributed by atoms with Gasteiger partial charge in [0.2, 0.25) is 17.6 Å². The van der Waals surface area contributed by atoms with Crippen LogP contribution in [-0.4, -0.2) is 57.1 Å². The number of fused-ring (bicyclic) bond motifs is 1. The maximum atomic E-state index is 12.7. The third-order valence-corrected chi connectivity index (χ3v) is 5.63. The van der Waals surface area contributed by atoms with Crippen molar-refractivity contribution in [1.82, 2.24) is 14.3 Å². The quantitative estimate of drug-likeness (QED) is 0.544. The third-order valence-electron chi connectivity index (χ3n) is 5.63. The molecule has 2 N–H and O–H groups in total. The van der Waals surface area contributed by atoms with Gasteiger partial charge in [-0.3, -0.25) is 9.69 Å². The lowest BCUT2D eigenvalue weighted by Crippen LogP contribution is -2.42. The minimum absolute atomic E-state index is 0.0757. The molecular weight excluding hydrogens is 434 g/mol. The van der Waals surface area contributed by atoms with Crippen molar-refractivity contribution in [1.29, 1.82) is 0 Å². The molecule has 3 aromatic rings. The van der Waals surface area contributed by atoms with Gasteiger partial charge in [0, 0.05) is 12.4 Å². The van der Waals surface area contributed by atoms with Crippen LogP contribution in [-0.2, 0) is 17.8 Å². The number of rotatable bonds is 7. The Bertz CT molecular complexity index is 1370. The predicted octanol–water partition coefficient (Wildman–Crippen LogP) is 1.94. The van der Waals surface area contributed by atoms with Gasteiger partial charge in [0.05, 0.1) is 39.3 Å². The van der Waals surface area contributed by atoms with E-state index in [0.717, 1.165) is 22.7 Å². The third kappa shape index (κ3) is 4.01. The van der Waals surface area contributed by atoms with Gasteiger partial charge in [-0.25, -0.2) is 4.98 Å². The first-order chi connectivity index (χ1) is 16.6. The Hall–Kier alpha value is -4.47. The molecule has 0 fully saturated rings. The fraction of sp³-hybridized carbons (Fsp3) is 0.208. The number of imidazole rings is 1. The molecule has 34 heavy (non-hydrogen) atoms. The summed E-state index contributed by atoms with van der Waals surface area (Å²) in [6, 6.07) is 11.5. The van der Waals surface area contributed by atoms with E-state index < -0.39 is 0 Å². The standard InChI is InChI=1S/C24H23N7O3/c1-33-18-7-6-16(11-19(18)34-2)12-22-28-24(25)31(22)20-8-9-23(32)30(15-26-20)14-17-13-29-10-4-3-5-21(29)27-17/h3-8,10-11,13,15,25H,9,12,14H2,1-2H3/p+1. The van der Waals surface area contributed by atoms with Gasteiger partial charge in [-0.2, -0.15) is 4.58 Å². The van der Waals surface area contributed by atoms with Crippen LogP contribution in [0.4, 0.5) is 0 Å². The first kappa shape index (κ1) is 21.4. The Morgan fingerprint density at radius 3 is 2.76 bits per heavy atom. The summed E-state index contributed by atoms with van der Waals surface area (Å²) in [5.41, 5.74) is 8.66. The molecule has 1 amide bonds. The molecule has 4 heterocycles. The van der Waals surface area contributed by atoms with Gasteiger partial charge in [-0.1, -0.05) is 12.1 Å². The molecule has 1 aromatic carbocycles. The van der Waals surface area contributed by atoms with Crippen LogP contribution in [0.2, 0.25) is 0 Å². The highest BCUT2D eigenvalue weighted by molar-refractivity contribution is 6.01. The van der Waals surface area contributed by atoms with Crippen LogP contribution < -0.4 is 15.2 Å². The maximum absolute atomic E-state index is 12.7. The highest BCUT2D eigenvalue weighted by Crippen LogP contribution is 2.28. The number of carbonyl (C=O) groups is 1. The second-order valence-electron chi connectivity index (χ2n) is 7.82. The minimum Gasteiger partial charge on any atom is -0.493 e. The van der Waals surface area contributed by atoms with Crippen molar-refractivity contribution >= 4 is 29.7 Å². The SMILES string of the molecule is COc1ccc(CC2=[N+](C3=CCC(=O)N(Cc4cn5ccccc5n4)C=N3)C(N)=N2)cc1OC. The minimum atomic E-state index is -0.0757. The molecule has 0 radical (unpaired) electrons. The Balaban J connectivity index is 1.35. The van der Waals surface area contributed by atoms with Crippen molar-refractivity contribution in [3.05, 3.63) is 71.9 Å². The largest absolute Gasteiger partial charge is 0.493 e. The number of hydrogen-bond donors (Lipinski definition) is 1. The van der Waals surface area contributed by atoms with Gasteiger partial charge in [0.25, 0.3) is 0 Å². The fourth-order valence-electron chi connectivity index (χ4n) is 3.92. The molecular formula is C24H24N7O3+. The lowest BCUT2D eigenvalue weighted by atomic mass is 10.1. The van der Waals surface area contributed by atoms with Crippen LogP contribution >= 0.6 is 0 Å². The number of nitrogens with two attached hydrogens (primary N) is 1. The number of benzene rings is 1. The van der Waals surface area contributed by atoms with Crippen LogP contribution in [0.15, 0.2) is 70.7 Å². The van der Waals surface area contributed by atoms with E-state index in [-0.39, 0.29) is 12.3 Å². The number of ether oxygens (including phenoxy) is 2. The van der Waals surface area contributed by atoms with E-state index in [1.165, 1.54) is 6.34 Å². The van der Waals surface area contributed by atoms with E-state index in [0.29, 0.717) is 36.2 Å². The monoisotopic (exact) mass is 458 g/mol. The summed E-state index contributed by atoms with van der Waals surface area (Å²) in [6.45, 7) is 0.330. The number of aliphatic imine (C=N–C) groups is 2. The average molecular weight is 459 g/mol. The van der Waals surface area contributed by atoms with Crippen LogP contribution in [0, 0.1) is 0 Å². The van der Waals surface area contributed by atoms with Crippen LogP contribution in [0.25, 0.3) is 5.65 Å². The molecule has 0 atom stereocenters. The summed E-state index contributed by atoms with van der Waals surface area (Å²) in [4.78, 5) is 27.8. The maximum Gasteiger partial charge on any atom is 0.325 e. The van der Waals surface area contributed by atoms with Gasteiger partial charge >= 0.3 is 5.96 Å². The normalized spacial score (nSPS) is 15.7. The van der Waals surface area contributed by atoms with Crippen molar-refractivity contribution in [3.8, 4) is 11.5 Å². The summed E-state index contributed by atoms with van der Waals surface area (Å²) in [6.07, 6.45) is 7.84. The molecule has 10 nitrogen and oxygen atoms in total. The number of amides is 1. The summed E-state index contributed by atoms with van der Waals surface area (Å²) in [7, 11) is 3.20. The zero-order valence-corrected chi connectivity index (χ0v) is 18.9. The molecule has 0 saturated heterocycles. The summed E-state index contributed by atoms with van der Waals surface area (Å²) in [5, 5.41) is 0. The molecule has 172 valence electrons. The van der Waals surface area contributed by atoms with Crippen molar-refractivity contribution < 1.29 is 18.8 Å². The number of amidine groups is 1. The zero-order chi connectivity index (χ0) is 23.7. The van der Waals surface area contributed by atoms with Crippen LogP contribution in [0.3, 0.4) is 0 Å². The van der Waals surface area contributed by atoms with Crippen LogP contribution in [0.1, 0.15) is 17.7 Å². The molecule has 2 aromatic heterocycles. The highest BCUT2D eigenvalue weighted by atomic mass is 16.5. The molecule has 0 bridgehead atoms. The summed E-state index contributed by atoms with van der Waals surface area (Å²) < 4.78 is 14.4. The number of carbonyl (C=O) groups excluding carboxylic acids is 1. The predicted molar refractivity (Wildman–Crippen MR) is 127 cm³/mol. The number of aromatic nitrogens is 2. The molecule has 2 aliphatic rings. The van der Waals surface area contributed by atoms with E-state index in [2.05, 4.69) is 15.0 Å². The number of guanidine groups is 1. The number of methoxy groups -OCH3 is 2. The molecule has 0 spiro atoms. The number of hydrogen-bond acceptors (Lipinski definition) is 7. The van der Waals surface area contributed by atoms with Gasteiger partial charge in [-0.15, -0.1) is 9.98 Å². The first-order valence-corrected chi connectivity index (χ1v) is 10.7. The molecule has 0 aliphatic carbocycles. The van der Waals surface area contributed by atoms with Crippen molar-refractivity contribution in [2.45, 2.75) is 19.4 Å². The second kappa shape index (κ2) is 8.81. The molecule has 0 saturated carbocycles. The zero-order valence-electron chi connectivity index (χ0n) is 18.9. The lowest BCUT2D eigenvalue weighted by Gasteiger charge is -2.17. The van der Waals surface area contributed by atoms with E-state index in [1.807, 2.05) is 53.2 Å². The topological polar surface area (TPSA) is 110 Å². The molecule has 2 aliphatic heterocycles. The first-order valence-electron chi connectivity index (χ1n) is 10.7. The number of pyridine rings is 1. The van der Waals surface area contributed by atoms with Crippen molar-refractivity contribution in [3.63, 3.8) is 0 Å².